The average molecular weight is 310 g/mol. The largest absolute Gasteiger partial charge is 0.471 e. The summed E-state index contributed by atoms with van der Waals surface area (Å²) in [6, 6.07) is 2.91. The molecule has 1 spiro atoms. The molecule has 2 fully saturated rings. The van der Waals surface area contributed by atoms with Gasteiger partial charge in [-0.3, -0.25) is 4.79 Å². The van der Waals surface area contributed by atoms with Crippen molar-refractivity contribution in [2.24, 2.45) is 0 Å². The van der Waals surface area contributed by atoms with Crippen LogP contribution >= 0.6 is 11.8 Å². The van der Waals surface area contributed by atoms with Gasteiger partial charge in [-0.2, -0.15) is 0 Å². The van der Waals surface area contributed by atoms with Gasteiger partial charge in [0.05, 0.1) is 4.75 Å². The van der Waals surface area contributed by atoms with Crippen LogP contribution < -0.4 is 4.74 Å². The van der Waals surface area contributed by atoms with Crippen molar-refractivity contribution in [3.05, 3.63) is 24.1 Å². The second-order valence-electron chi connectivity index (χ2n) is 5.73. The van der Waals surface area contributed by atoms with Crippen molar-refractivity contribution >= 4 is 17.7 Å². The molecule has 4 nitrogen and oxygen atoms in total. The molecule has 2 saturated heterocycles. The number of pyridine rings is 1. The number of ether oxygens (including phenoxy) is 1. The number of hydrogen-bond donors (Lipinski definition) is 0. The number of amides is 1. The number of carbonyl (C=O) groups is 1. The maximum absolute atomic E-state index is 13.5. The van der Waals surface area contributed by atoms with Crippen molar-refractivity contribution in [2.75, 3.05) is 18.8 Å². The summed E-state index contributed by atoms with van der Waals surface area (Å²) < 4.78 is 19.3. The van der Waals surface area contributed by atoms with E-state index in [2.05, 4.69) is 4.98 Å². The second kappa shape index (κ2) is 5.83. The molecule has 1 amide bonds. The summed E-state index contributed by atoms with van der Waals surface area (Å²) in [5.74, 6) is 0.727. The standard InChI is InChI=1S/C15H19FN2O2S/c1-2-4-13(19)18-9-15(10-18)7-11(8-21-15)20-14-12(16)5-3-6-17-14/h3,5-6,11H,2,4,7-10H2,1H3/t11-/m0/s1. The van der Waals surface area contributed by atoms with Crippen LogP contribution in [-0.4, -0.2) is 45.5 Å². The van der Waals surface area contributed by atoms with E-state index >= 15 is 0 Å². The van der Waals surface area contributed by atoms with E-state index in [1.54, 1.807) is 6.07 Å². The lowest BCUT2D eigenvalue weighted by molar-refractivity contribution is -0.136. The molecule has 0 saturated carbocycles. The second-order valence-corrected chi connectivity index (χ2v) is 7.22. The Morgan fingerprint density at radius 3 is 3.14 bits per heavy atom. The Kier molecular flexibility index (Phi) is 4.06. The maximum Gasteiger partial charge on any atom is 0.250 e. The Bertz CT molecular complexity index is 534. The number of likely N-dealkylation sites (tertiary alicyclic amines) is 1. The highest BCUT2D eigenvalue weighted by Crippen LogP contribution is 2.46. The van der Waals surface area contributed by atoms with Gasteiger partial charge in [0, 0.05) is 37.9 Å². The molecule has 114 valence electrons. The molecule has 1 atom stereocenters. The first-order valence-corrected chi connectivity index (χ1v) is 8.29. The van der Waals surface area contributed by atoms with Gasteiger partial charge in [-0.05, 0) is 18.6 Å². The first-order valence-electron chi connectivity index (χ1n) is 7.31. The minimum Gasteiger partial charge on any atom is -0.471 e. The quantitative estimate of drug-likeness (QED) is 0.857. The number of carbonyl (C=O) groups excluding carboxylic acids is 1. The average Bonchev–Trinajstić information content (AvgIpc) is 2.84. The van der Waals surface area contributed by atoms with Crippen molar-refractivity contribution in [1.29, 1.82) is 0 Å². The van der Waals surface area contributed by atoms with Crippen LogP contribution in [0.1, 0.15) is 26.2 Å². The number of halogens is 1. The van der Waals surface area contributed by atoms with Crippen molar-refractivity contribution in [1.82, 2.24) is 9.88 Å². The lowest BCUT2D eigenvalue weighted by Gasteiger charge is -2.47. The Labute approximate surface area is 128 Å². The predicted molar refractivity (Wildman–Crippen MR) is 79.9 cm³/mol. The minimum absolute atomic E-state index is 0.0252. The molecule has 21 heavy (non-hydrogen) atoms. The molecule has 1 aromatic rings. The van der Waals surface area contributed by atoms with Crippen LogP contribution in [0.25, 0.3) is 0 Å². The molecular weight excluding hydrogens is 291 g/mol. The fraction of sp³-hybridized carbons (Fsp3) is 0.600. The lowest BCUT2D eigenvalue weighted by Crippen LogP contribution is -2.60. The van der Waals surface area contributed by atoms with Gasteiger partial charge < -0.3 is 9.64 Å². The number of rotatable bonds is 4. The van der Waals surface area contributed by atoms with Crippen LogP contribution in [0, 0.1) is 5.82 Å². The highest BCUT2D eigenvalue weighted by molar-refractivity contribution is 8.01. The van der Waals surface area contributed by atoms with Crippen LogP contribution in [0.2, 0.25) is 0 Å². The molecule has 0 aromatic carbocycles. The van der Waals surface area contributed by atoms with Crippen LogP contribution in [-0.2, 0) is 4.79 Å². The Balaban J connectivity index is 1.53. The normalized spacial score (nSPS) is 23.1. The molecule has 0 N–H and O–H groups in total. The molecular formula is C15H19FN2O2S. The molecule has 1 aromatic heterocycles. The molecule has 0 radical (unpaired) electrons. The molecule has 0 unspecified atom stereocenters. The van der Waals surface area contributed by atoms with Gasteiger partial charge >= 0.3 is 0 Å². The molecule has 0 bridgehead atoms. The predicted octanol–water partition coefficient (Wildman–Crippen LogP) is 2.49. The summed E-state index contributed by atoms with van der Waals surface area (Å²) in [6.45, 7) is 3.60. The van der Waals surface area contributed by atoms with Crippen molar-refractivity contribution in [2.45, 2.75) is 37.0 Å². The van der Waals surface area contributed by atoms with E-state index in [0.717, 1.165) is 31.7 Å². The van der Waals surface area contributed by atoms with Gasteiger partial charge in [-0.1, -0.05) is 6.92 Å². The van der Waals surface area contributed by atoms with Crippen LogP contribution in [0.3, 0.4) is 0 Å². The smallest absolute Gasteiger partial charge is 0.250 e. The zero-order valence-electron chi connectivity index (χ0n) is 12.0. The van der Waals surface area contributed by atoms with Crippen LogP contribution in [0.4, 0.5) is 4.39 Å². The first kappa shape index (κ1) is 14.6. The van der Waals surface area contributed by atoms with Gasteiger partial charge in [-0.25, -0.2) is 9.37 Å². The van der Waals surface area contributed by atoms with Gasteiger partial charge in [0.25, 0.3) is 5.88 Å². The Morgan fingerprint density at radius 2 is 2.43 bits per heavy atom. The summed E-state index contributed by atoms with van der Waals surface area (Å²) in [5.41, 5.74) is 0. The SMILES string of the molecule is CCCC(=O)N1CC2(C[C@H](Oc3ncccc3F)CS2)C1. The van der Waals surface area contributed by atoms with Gasteiger partial charge in [0.2, 0.25) is 5.91 Å². The summed E-state index contributed by atoms with van der Waals surface area (Å²) >= 11 is 1.83. The summed E-state index contributed by atoms with van der Waals surface area (Å²) in [4.78, 5) is 17.7. The maximum atomic E-state index is 13.5. The summed E-state index contributed by atoms with van der Waals surface area (Å²) in [5, 5.41) is 0. The van der Waals surface area contributed by atoms with Gasteiger partial charge in [0.15, 0.2) is 5.82 Å². The van der Waals surface area contributed by atoms with Crippen LogP contribution in [0.5, 0.6) is 5.88 Å². The number of hydrogen-bond acceptors (Lipinski definition) is 4. The van der Waals surface area contributed by atoms with Crippen LogP contribution in [0.15, 0.2) is 18.3 Å². The van der Waals surface area contributed by atoms with Gasteiger partial charge in [0.1, 0.15) is 6.10 Å². The van der Waals surface area contributed by atoms with E-state index in [1.165, 1.54) is 12.3 Å². The topological polar surface area (TPSA) is 42.4 Å². The van der Waals surface area contributed by atoms with E-state index in [0.29, 0.717) is 6.42 Å². The van der Waals surface area contributed by atoms with E-state index in [1.807, 2.05) is 23.6 Å². The molecule has 3 heterocycles. The van der Waals surface area contributed by atoms with Crippen molar-refractivity contribution < 1.29 is 13.9 Å². The molecule has 0 aliphatic carbocycles. The highest BCUT2D eigenvalue weighted by atomic mass is 32.2. The lowest BCUT2D eigenvalue weighted by atomic mass is 9.92. The van der Waals surface area contributed by atoms with Crippen molar-refractivity contribution in [3.8, 4) is 5.88 Å². The van der Waals surface area contributed by atoms with E-state index < -0.39 is 5.82 Å². The summed E-state index contributed by atoms with van der Waals surface area (Å²) in [6.07, 6.45) is 3.87. The third-order valence-electron chi connectivity index (χ3n) is 3.95. The minimum atomic E-state index is -0.420. The first-order chi connectivity index (χ1) is 10.1. The fourth-order valence-electron chi connectivity index (χ4n) is 2.91. The van der Waals surface area contributed by atoms with Crippen molar-refractivity contribution in [3.63, 3.8) is 0 Å². The highest BCUT2D eigenvalue weighted by Gasteiger charge is 2.51. The molecule has 3 rings (SSSR count). The van der Waals surface area contributed by atoms with E-state index in [9.17, 15) is 9.18 Å². The summed E-state index contributed by atoms with van der Waals surface area (Å²) in [7, 11) is 0. The monoisotopic (exact) mass is 310 g/mol. The zero-order chi connectivity index (χ0) is 14.9. The fourth-order valence-corrected chi connectivity index (χ4v) is 4.44. The van der Waals surface area contributed by atoms with E-state index in [4.69, 9.17) is 4.74 Å². The molecule has 2 aliphatic rings. The zero-order valence-corrected chi connectivity index (χ0v) is 12.9. The number of thioether (sulfide) groups is 1. The third-order valence-corrected chi connectivity index (χ3v) is 5.53. The van der Waals surface area contributed by atoms with Gasteiger partial charge in [-0.15, -0.1) is 11.8 Å². The number of nitrogens with zero attached hydrogens (tertiary/aromatic N) is 2. The molecule has 2 aliphatic heterocycles. The Hall–Kier alpha value is -1.30. The Morgan fingerprint density at radius 1 is 1.62 bits per heavy atom. The van der Waals surface area contributed by atoms with E-state index in [-0.39, 0.29) is 22.6 Å². The third kappa shape index (κ3) is 3.00. The number of aromatic nitrogens is 1. The molecule has 6 heteroatoms.